The Morgan fingerprint density at radius 2 is 1.89 bits per heavy atom. The van der Waals surface area contributed by atoms with E-state index < -0.39 is 17.2 Å². The third-order valence-electron chi connectivity index (χ3n) is 7.92. The maximum Gasteiger partial charge on any atom is 0.252 e. The third-order valence-corrected chi connectivity index (χ3v) is 8.16. The van der Waals surface area contributed by atoms with Crippen LogP contribution in [0.15, 0.2) is 59.8 Å². The van der Waals surface area contributed by atoms with Crippen molar-refractivity contribution in [1.29, 1.82) is 0 Å². The van der Waals surface area contributed by atoms with E-state index in [-0.39, 0.29) is 34.6 Å². The molecule has 2 aromatic carbocycles. The van der Waals surface area contributed by atoms with Crippen molar-refractivity contribution < 1.29 is 8.78 Å². The number of hydrogen-bond donors (Lipinski definition) is 2. The summed E-state index contributed by atoms with van der Waals surface area (Å²) in [5.74, 6) is -0.862. The van der Waals surface area contributed by atoms with Crippen LogP contribution in [-0.4, -0.2) is 34.7 Å². The first-order valence-corrected chi connectivity index (χ1v) is 11.9. The van der Waals surface area contributed by atoms with Crippen molar-refractivity contribution >= 4 is 17.3 Å². The summed E-state index contributed by atoms with van der Waals surface area (Å²) in [5, 5.41) is 11.9. The zero-order valence-electron chi connectivity index (χ0n) is 18.7. The second-order valence-corrected chi connectivity index (χ2v) is 10.1. The van der Waals surface area contributed by atoms with Crippen molar-refractivity contribution in [3.63, 3.8) is 0 Å². The minimum Gasteiger partial charge on any atom is -0.396 e. The number of hydrogen-bond acceptors (Lipinski definition) is 6. The van der Waals surface area contributed by atoms with E-state index in [4.69, 9.17) is 17.3 Å². The molecule has 2 aliphatic heterocycles. The maximum atomic E-state index is 14.5. The Labute approximate surface area is 211 Å². The van der Waals surface area contributed by atoms with Crippen LogP contribution in [0.3, 0.4) is 0 Å². The Balaban J connectivity index is 1.23. The van der Waals surface area contributed by atoms with Crippen LogP contribution in [0.2, 0.25) is 5.02 Å². The number of rotatable bonds is 4. The summed E-state index contributed by atoms with van der Waals surface area (Å²) in [4.78, 5) is 21.2. The first kappa shape index (κ1) is 20.8. The van der Waals surface area contributed by atoms with Crippen molar-refractivity contribution in [2.45, 2.75) is 11.5 Å². The minimum atomic E-state index is -1.10. The fourth-order valence-corrected chi connectivity index (χ4v) is 6.46. The Hall–Kier alpha value is -4.38. The Morgan fingerprint density at radius 1 is 1.05 bits per heavy atom. The number of aromatic nitrogens is 7. The number of nitrogens with zero attached hydrogens (tertiary/aromatic N) is 6. The topological polar surface area (TPSA) is 120 Å². The molecule has 182 valence electrons. The number of aromatic amines is 1. The highest BCUT2D eigenvalue weighted by atomic mass is 35.5. The molecular weight excluding hydrogens is 502 g/mol. The van der Waals surface area contributed by atoms with E-state index in [1.165, 1.54) is 29.3 Å². The summed E-state index contributed by atoms with van der Waals surface area (Å²) in [6.07, 6.45) is 2.94. The molecule has 2 aliphatic carbocycles. The molecule has 2 atom stereocenters. The zero-order chi connectivity index (χ0) is 25.2. The number of halogens is 3. The van der Waals surface area contributed by atoms with Gasteiger partial charge in [-0.15, -0.1) is 5.10 Å². The first-order chi connectivity index (χ1) is 17.9. The zero-order valence-corrected chi connectivity index (χ0v) is 19.5. The normalized spacial score (nSPS) is 24.1. The predicted octanol–water partition coefficient (Wildman–Crippen LogP) is 3.50. The number of nitrogens with two attached hydrogens (primary N) is 1. The highest BCUT2D eigenvalue weighted by Crippen LogP contribution is 2.89. The molecule has 4 aliphatic rings. The molecule has 5 heterocycles. The van der Waals surface area contributed by atoms with Gasteiger partial charge in [0.25, 0.3) is 5.56 Å². The van der Waals surface area contributed by atoms with E-state index in [0.29, 0.717) is 27.8 Å². The van der Waals surface area contributed by atoms with Crippen LogP contribution in [-0.2, 0) is 5.54 Å². The lowest BCUT2D eigenvalue weighted by molar-refractivity contribution is 0.452. The molecule has 5 aromatic rings. The van der Waals surface area contributed by atoms with Gasteiger partial charge in [-0.25, -0.2) is 13.8 Å². The molecule has 2 fully saturated rings. The summed E-state index contributed by atoms with van der Waals surface area (Å²) < 4.78 is 31.9. The number of imidazole rings is 1. The van der Waals surface area contributed by atoms with E-state index in [9.17, 15) is 13.6 Å². The van der Waals surface area contributed by atoms with E-state index in [1.807, 2.05) is 6.07 Å². The second-order valence-electron chi connectivity index (χ2n) is 9.64. The monoisotopic (exact) mass is 516 g/mol. The lowest BCUT2D eigenvalue weighted by Gasteiger charge is -2.18. The molecule has 3 aromatic heterocycles. The molecule has 0 saturated heterocycles. The van der Waals surface area contributed by atoms with E-state index in [1.54, 1.807) is 28.8 Å². The van der Waals surface area contributed by atoms with Gasteiger partial charge in [0.15, 0.2) is 11.6 Å². The fourth-order valence-electron chi connectivity index (χ4n) is 6.29. The Kier molecular flexibility index (Phi) is 3.75. The molecule has 2 unspecified atom stereocenters. The van der Waals surface area contributed by atoms with Gasteiger partial charge in [0.1, 0.15) is 17.7 Å². The molecule has 12 heteroatoms. The van der Waals surface area contributed by atoms with Gasteiger partial charge in [-0.1, -0.05) is 11.6 Å². The van der Waals surface area contributed by atoms with Crippen LogP contribution in [0.4, 0.5) is 14.5 Å². The smallest absolute Gasteiger partial charge is 0.252 e. The van der Waals surface area contributed by atoms with E-state index >= 15 is 0 Å². The van der Waals surface area contributed by atoms with Crippen molar-refractivity contribution in [2.75, 3.05) is 5.73 Å². The largest absolute Gasteiger partial charge is 0.396 e. The van der Waals surface area contributed by atoms with Crippen LogP contribution in [0.5, 0.6) is 0 Å². The molecule has 9 rings (SSSR count). The van der Waals surface area contributed by atoms with Gasteiger partial charge in [-0.3, -0.25) is 9.36 Å². The summed E-state index contributed by atoms with van der Waals surface area (Å²) in [7, 11) is 0. The molecule has 0 amide bonds. The number of nitrogens with one attached hydrogen (secondary N) is 1. The molecule has 3 N–H and O–H groups in total. The third kappa shape index (κ3) is 2.49. The Bertz CT molecular complexity index is 1840. The van der Waals surface area contributed by atoms with Crippen LogP contribution >= 0.6 is 11.6 Å². The fraction of sp³-hybridized carbons (Fsp3) is 0.160. The first-order valence-electron chi connectivity index (χ1n) is 11.5. The van der Waals surface area contributed by atoms with Gasteiger partial charge in [0.05, 0.1) is 23.3 Å². The van der Waals surface area contributed by atoms with E-state index in [0.717, 1.165) is 11.3 Å². The van der Waals surface area contributed by atoms with Gasteiger partial charge in [-0.2, -0.15) is 4.68 Å². The summed E-state index contributed by atoms with van der Waals surface area (Å²) in [6, 6.07) is 11.6. The molecule has 0 radical (unpaired) electrons. The average Bonchev–Trinajstić information content (AvgIpc) is 3.38. The second kappa shape index (κ2) is 6.68. The van der Waals surface area contributed by atoms with Crippen LogP contribution < -0.4 is 11.3 Å². The number of anilines is 1. The van der Waals surface area contributed by atoms with Gasteiger partial charge >= 0.3 is 0 Å². The number of nitrogen functional groups attached to an aromatic ring is 1. The molecule has 2 saturated carbocycles. The quantitative estimate of drug-likeness (QED) is 0.353. The lowest BCUT2D eigenvalue weighted by atomic mass is 10.00. The van der Waals surface area contributed by atoms with Crippen LogP contribution in [0.1, 0.15) is 17.4 Å². The average molecular weight is 517 g/mol. The number of H-pyrrole nitrogens is 1. The van der Waals surface area contributed by atoms with E-state index in [2.05, 4.69) is 25.5 Å². The van der Waals surface area contributed by atoms with Gasteiger partial charge in [-0.05, 0) is 52.4 Å². The van der Waals surface area contributed by atoms with Crippen LogP contribution in [0, 0.1) is 23.5 Å². The van der Waals surface area contributed by atoms with Crippen molar-refractivity contribution in [3.8, 4) is 28.1 Å². The lowest BCUT2D eigenvalue weighted by Crippen LogP contribution is -2.32. The van der Waals surface area contributed by atoms with Crippen molar-refractivity contribution in [3.05, 3.63) is 93.5 Å². The maximum absolute atomic E-state index is 14.5. The highest BCUT2D eigenvalue weighted by Gasteiger charge is 2.92. The summed E-state index contributed by atoms with van der Waals surface area (Å²) >= 11 is 6.30. The van der Waals surface area contributed by atoms with Crippen LogP contribution in [0.25, 0.3) is 28.1 Å². The number of pyridine rings is 1. The molecule has 37 heavy (non-hydrogen) atoms. The van der Waals surface area contributed by atoms with Crippen molar-refractivity contribution in [1.82, 2.24) is 34.7 Å². The highest BCUT2D eigenvalue weighted by molar-refractivity contribution is 6.31. The van der Waals surface area contributed by atoms with Gasteiger partial charge in [0, 0.05) is 45.7 Å². The van der Waals surface area contributed by atoms with Gasteiger partial charge < -0.3 is 10.7 Å². The standard InChI is InChI=1S/C25H15ClF2N8O/c26-11-1-4-16(35-9-31-33-34-35)13(7-11)10-5-17-19-20-21(19)25(20,36(17)18(37)6-10)24-30-8-15(32-24)12-2-3-14(29)23(28)22(12)27/h1-9,19-21H,29H2,(H,30,32). The predicted molar refractivity (Wildman–Crippen MR) is 129 cm³/mol. The summed E-state index contributed by atoms with van der Waals surface area (Å²) in [6.45, 7) is 0. The molecule has 2 bridgehead atoms. The molecule has 9 nitrogen and oxygen atoms in total. The van der Waals surface area contributed by atoms with Gasteiger partial charge in [0.2, 0.25) is 0 Å². The number of benzene rings is 2. The molecule has 0 spiro atoms. The van der Waals surface area contributed by atoms with Crippen molar-refractivity contribution in [2.24, 2.45) is 11.8 Å². The Morgan fingerprint density at radius 3 is 2.68 bits per heavy atom. The molecular formula is C25H15ClF2N8O. The number of tetrazole rings is 1. The SMILES string of the molecule is Nc1ccc(-c2cnc(C34C5C(c6cc(-c7cc(Cl)ccc7-n7cnnn7)cc(=O)n63)C54)[nH]2)c(F)c1F. The summed E-state index contributed by atoms with van der Waals surface area (Å²) in [5.41, 5.74) is 7.86. The minimum absolute atomic E-state index is 0.0322.